The minimum atomic E-state index is -0.476. The van der Waals surface area contributed by atoms with E-state index in [0.717, 1.165) is 33.6 Å². The number of non-ortho nitro benzene ring substituents is 1. The molecule has 32 heavy (non-hydrogen) atoms. The highest BCUT2D eigenvalue weighted by Gasteiger charge is 2.36. The number of thioether (sulfide) groups is 1. The second kappa shape index (κ2) is 8.35. The number of imide groups is 1. The molecule has 1 aliphatic heterocycles. The maximum absolute atomic E-state index is 12.9. The number of hydrogen-bond acceptors (Lipinski definition) is 6. The number of methoxy groups -OCH3 is 1. The zero-order valence-electron chi connectivity index (χ0n) is 17.6. The van der Waals surface area contributed by atoms with Crippen molar-refractivity contribution in [1.29, 1.82) is 0 Å². The van der Waals surface area contributed by atoms with Crippen LogP contribution in [0.3, 0.4) is 0 Å². The number of ether oxygens (including phenoxy) is 1. The lowest BCUT2D eigenvalue weighted by Crippen LogP contribution is -2.27. The topological polar surface area (TPSA) is 94.7 Å². The zero-order chi connectivity index (χ0) is 23.0. The molecule has 0 saturated carbocycles. The summed E-state index contributed by atoms with van der Waals surface area (Å²) in [7, 11) is 1.46. The van der Waals surface area contributed by atoms with Gasteiger partial charge < -0.3 is 9.30 Å². The first-order valence-electron chi connectivity index (χ1n) is 9.66. The van der Waals surface area contributed by atoms with Crippen LogP contribution in [-0.2, 0) is 4.79 Å². The van der Waals surface area contributed by atoms with Gasteiger partial charge in [0.05, 0.1) is 34.4 Å². The molecule has 0 bridgehead atoms. The van der Waals surface area contributed by atoms with Crippen molar-refractivity contribution in [3.05, 3.63) is 86.6 Å². The quantitative estimate of drug-likeness (QED) is 0.300. The predicted molar refractivity (Wildman–Crippen MR) is 123 cm³/mol. The summed E-state index contributed by atoms with van der Waals surface area (Å²) in [6, 6.07) is 15.1. The number of para-hydroxylation sites is 1. The summed E-state index contributed by atoms with van der Waals surface area (Å²) in [5.74, 6) is -0.0131. The van der Waals surface area contributed by atoms with Crippen molar-refractivity contribution < 1.29 is 19.2 Å². The maximum atomic E-state index is 12.9. The molecule has 0 atom stereocenters. The van der Waals surface area contributed by atoms with Crippen LogP contribution >= 0.6 is 11.8 Å². The fourth-order valence-electron chi connectivity index (χ4n) is 3.68. The van der Waals surface area contributed by atoms with E-state index in [0.29, 0.717) is 22.0 Å². The van der Waals surface area contributed by atoms with Crippen molar-refractivity contribution in [3.63, 3.8) is 0 Å². The van der Waals surface area contributed by atoms with Gasteiger partial charge in [0.1, 0.15) is 5.75 Å². The number of carbonyl (C=O) groups is 2. The molecule has 1 aromatic heterocycles. The predicted octanol–water partition coefficient (Wildman–Crippen LogP) is 5.25. The number of carbonyl (C=O) groups excluding carboxylic acids is 2. The molecule has 9 heteroatoms. The fraction of sp³-hybridized carbons (Fsp3) is 0.130. The molecule has 4 rings (SSSR count). The number of hydrogen-bond donors (Lipinski definition) is 0. The van der Waals surface area contributed by atoms with E-state index in [2.05, 4.69) is 0 Å². The average molecular weight is 449 g/mol. The van der Waals surface area contributed by atoms with Crippen LogP contribution in [0, 0.1) is 24.0 Å². The molecular weight excluding hydrogens is 430 g/mol. The summed E-state index contributed by atoms with van der Waals surface area (Å²) >= 11 is 0.894. The molecule has 0 radical (unpaired) electrons. The van der Waals surface area contributed by atoms with Gasteiger partial charge in [-0.3, -0.25) is 19.7 Å². The van der Waals surface area contributed by atoms with E-state index in [-0.39, 0.29) is 16.8 Å². The molecule has 1 saturated heterocycles. The van der Waals surface area contributed by atoms with Crippen LogP contribution in [-0.4, -0.2) is 27.7 Å². The lowest BCUT2D eigenvalue weighted by molar-refractivity contribution is -0.384. The van der Waals surface area contributed by atoms with Crippen LogP contribution in [0.1, 0.15) is 17.0 Å². The first kappa shape index (κ1) is 21.4. The van der Waals surface area contributed by atoms with Crippen LogP contribution in [0.5, 0.6) is 5.75 Å². The molecule has 1 aliphatic rings. The number of aromatic nitrogens is 1. The molecule has 2 heterocycles. The third kappa shape index (κ3) is 3.67. The number of anilines is 1. The second-order valence-corrected chi connectivity index (χ2v) is 8.12. The molecule has 0 spiro atoms. The molecule has 3 aromatic rings. The molecule has 0 N–H and O–H groups in total. The highest BCUT2D eigenvalue weighted by atomic mass is 32.2. The van der Waals surface area contributed by atoms with Crippen molar-refractivity contribution in [1.82, 2.24) is 4.57 Å². The highest BCUT2D eigenvalue weighted by molar-refractivity contribution is 8.19. The Labute approximate surface area is 188 Å². The van der Waals surface area contributed by atoms with E-state index in [9.17, 15) is 19.7 Å². The first-order valence-corrected chi connectivity index (χ1v) is 10.5. The lowest BCUT2D eigenvalue weighted by Gasteiger charge is -2.14. The van der Waals surface area contributed by atoms with Crippen molar-refractivity contribution in [2.45, 2.75) is 13.8 Å². The number of amides is 2. The van der Waals surface area contributed by atoms with Gasteiger partial charge in [0.2, 0.25) is 0 Å². The monoisotopic (exact) mass is 449 g/mol. The van der Waals surface area contributed by atoms with Gasteiger partial charge in [-0.25, -0.2) is 4.90 Å². The second-order valence-electron chi connectivity index (χ2n) is 7.13. The Morgan fingerprint density at radius 3 is 2.44 bits per heavy atom. The molecule has 2 aromatic carbocycles. The van der Waals surface area contributed by atoms with E-state index in [1.165, 1.54) is 19.2 Å². The van der Waals surface area contributed by atoms with Gasteiger partial charge in [-0.2, -0.15) is 0 Å². The summed E-state index contributed by atoms with van der Waals surface area (Å²) in [5, 5.41) is 10.8. The maximum Gasteiger partial charge on any atom is 0.298 e. The van der Waals surface area contributed by atoms with Gasteiger partial charge >= 0.3 is 0 Å². The zero-order valence-corrected chi connectivity index (χ0v) is 18.4. The molecule has 0 unspecified atom stereocenters. The Bertz CT molecular complexity index is 1280. The van der Waals surface area contributed by atoms with Gasteiger partial charge in [0.25, 0.3) is 16.8 Å². The van der Waals surface area contributed by atoms with Gasteiger partial charge in [-0.15, -0.1) is 0 Å². The van der Waals surface area contributed by atoms with Gasteiger partial charge in [-0.05, 0) is 61.5 Å². The fourth-order valence-corrected chi connectivity index (χ4v) is 4.51. The smallest absolute Gasteiger partial charge is 0.298 e. The molecule has 2 amide bonds. The van der Waals surface area contributed by atoms with Crippen molar-refractivity contribution in [2.24, 2.45) is 0 Å². The highest BCUT2D eigenvalue weighted by Crippen LogP contribution is 2.37. The summed E-state index contributed by atoms with van der Waals surface area (Å²) in [5.41, 5.74) is 3.53. The summed E-state index contributed by atoms with van der Waals surface area (Å²) in [6.45, 7) is 3.77. The summed E-state index contributed by atoms with van der Waals surface area (Å²) < 4.78 is 7.29. The van der Waals surface area contributed by atoms with E-state index in [1.807, 2.05) is 30.5 Å². The molecule has 1 fully saturated rings. The number of nitro groups is 1. The SMILES string of the molecule is COc1cc([N+](=O)[O-])ccc1-n1c(C)cc(/C=C2/SC(=O)N(c3ccccc3)C2=O)c1C. The van der Waals surface area contributed by atoms with E-state index < -0.39 is 4.92 Å². The van der Waals surface area contributed by atoms with Crippen LogP contribution in [0.2, 0.25) is 0 Å². The number of aryl methyl sites for hydroxylation is 1. The lowest BCUT2D eigenvalue weighted by atomic mass is 10.2. The Kier molecular flexibility index (Phi) is 5.58. The third-order valence-electron chi connectivity index (χ3n) is 5.18. The standard InChI is InChI=1S/C23H19N3O5S/c1-14-11-16(12-21-22(27)25(23(28)32-21)17-7-5-4-6-8-17)15(2)24(14)19-10-9-18(26(29)30)13-20(19)31-3/h4-13H,1-3H3/b21-12+. The van der Waals surface area contributed by atoms with Crippen molar-refractivity contribution in [2.75, 3.05) is 12.0 Å². The molecule has 8 nitrogen and oxygen atoms in total. The first-order chi connectivity index (χ1) is 15.3. The van der Waals surface area contributed by atoms with Gasteiger partial charge in [0.15, 0.2) is 0 Å². The molecule has 162 valence electrons. The number of rotatable bonds is 5. The Balaban J connectivity index is 1.73. The van der Waals surface area contributed by atoms with E-state index in [1.54, 1.807) is 36.4 Å². The van der Waals surface area contributed by atoms with Crippen molar-refractivity contribution in [3.8, 4) is 11.4 Å². The third-order valence-corrected chi connectivity index (χ3v) is 6.05. The Morgan fingerprint density at radius 1 is 1.06 bits per heavy atom. The largest absolute Gasteiger partial charge is 0.494 e. The Morgan fingerprint density at radius 2 is 1.78 bits per heavy atom. The van der Waals surface area contributed by atoms with Crippen molar-refractivity contribution >= 4 is 40.4 Å². The van der Waals surface area contributed by atoms with Crippen LogP contribution in [0.4, 0.5) is 16.2 Å². The molecular formula is C23H19N3O5S. The van der Waals surface area contributed by atoms with Crippen LogP contribution in [0.25, 0.3) is 11.8 Å². The summed E-state index contributed by atoms with van der Waals surface area (Å²) in [4.78, 5) is 37.5. The number of nitrogens with zero attached hydrogens (tertiary/aromatic N) is 3. The minimum absolute atomic E-state index is 0.0668. The van der Waals surface area contributed by atoms with E-state index in [4.69, 9.17) is 4.74 Å². The van der Waals surface area contributed by atoms with E-state index >= 15 is 0 Å². The van der Waals surface area contributed by atoms with Gasteiger partial charge in [0, 0.05) is 17.5 Å². The minimum Gasteiger partial charge on any atom is -0.494 e. The molecule has 0 aliphatic carbocycles. The van der Waals surface area contributed by atoms with Crippen LogP contribution < -0.4 is 9.64 Å². The van der Waals surface area contributed by atoms with Crippen LogP contribution in [0.15, 0.2) is 59.5 Å². The number of benzene rings is 2. The normalized spacial score (nSPS) is 15.0. The Hall–Kier alpha value is -3.85. The average Bonchev–Trinajstić information content (AvgIpc) is 3.22. The summed E-state index contributed by atoms with van der Waals surface area (Å²) in [6.07, 6.45) is 1.70. The number of nitro benzene ring substituents is 1. The van der Waals surface area contributed by atoms with Gasteiger partial charge in [-0.1, -0.05) is 18.2 Å².